The number of hydrogen-bond donors (Lipinski definition) is 3. The zero-order valence-corrected chi connectivity index (χ0v) is 12.7. The van der Waals surface area contributed by atoms with E-state index >= 15 is 0 Å². The molecule has 0 amide bonds. The van der Waals surface area contributed by atoms with E-state index in [0.717, 1.165) is 17.5 Å². The molecule has 4 heteroatoms. The molecule has 118 valence electrons. The highest BCUT2D eigenvalue weighted by Gasteiger charge is 2.59. The number of benzene rings is 1. The molecule has 3 aliphatic carbocycles. The third-order valence-corrected chi connectivity index (χ3v) is 6.42. The maximum atomic E-state index is 12.3. The summed E-state index contributed by atoms with van der Waals surface area (Å²) in [7, 11) is 0. The number of fused-ring (bicyclic) bond motifs is 5. The quantitative estimate of drug-likeness (QED) is 0.682. The van der Waals surface area contributed by atoms with Crippen molar-refractivity contribution in [1.29, 1.82) is 0 Å². The van der Waals surface area contributed by atoms with Crippen molar-refractivity contribution in [3.8, 4) is 5.75 Å². The molecule has 4 rings (SSSR count). The Hall–Kier alpha value is -1.39. The van der Waals surface area contributed by atoms with Gasteiger partial charge in [0.05, 0.1) is 12.2 Å². The molecule has 3 aliphatic rings. The molecule has 0 heterocycles. The van der Waals surface area contributed by atoms with E-state index in [9.17, 15) is 20.1 Å². The molecule has 0 saturated heterocycles. The highest BCUT2D eigenvalue weighted by atomic mass is 16.3. The van der Waals surface area contributed by atoms with Crippen LogP contribution in [-0.4, -0.2) is 33.3 Å². The number of aliphatic hydroxyl groups is 2. The Morgan fingerprint density at radius 2 is 2.00 bits per heavy atom. The molecule has 4 nitrogen and oxygen atoms in total. The van der Waals surface area contributed by atoms with Gasteiger partial charge in [-0.3, -0.25) is 4.79 Å². The molecular weight excluding hydrogens is 280 g/mol. The lowest BCUT2D eigenvalue weighted by Gasteiger charge is -2.52. The fourth-order valence-electron chi connectivity index (χ4n) is 5.43. The zero-order chi connectivity index (χ0) is 15.6. The molecule has 0 spiro atoms. The van der Waals surface area contributed by atoms with Gasteiger partial charge in [-0.25, -0.2) is 0 Å². The maximum absolute atomic E-state index is 12.3. The van der Waals surface area contributed by atoms with Crippen LogP contribution in [0.3, 0.4) is 0 Å². The molecule has 3 N–H and O–H groups in total. The second-order valence-corrected chi connectivity index (χ2v) is 7.52. The number of phenolic OH excluding ortho intramolecular Hbond substituents is 1. The zero-order valence-electron chi connectivity index (χ0n) is 12.7. The minimum atomic E-state index is -0.619. The van der Waals surface area contributed by atoms with Crippen molar-refractivity contribution < 1.29 is 20.1 Å². The average molecular weight is 302 g/mol. The van der Waals surface area contributed by atoms with E-state index in [0.29, 0.717) is 19.3 Å². The third-order valence-electron chi connectivity index (χ3n) is 6.42. The summed E-state index contributed by atoms with van der Waals surface area (Å²) in [5.41, 5.74) is 1.46. The number of carbonyl (C=O) groups is 1. The summed E-state index contributed by atoms with van der Waals surface area (Å²) < 4.78 is 0. The number of hydrogen-bond acceptors (Lipinski definition) is 4. The first-order chi connectivity index (χ1) is 10.4. The Labute approximate surface area is 129 Å². The Bertz CT molecular complexity index is 640. The summed E-state index contributed by atoms with van der Waals surface area (Å²) in [4.78, 5) is 12.3. The number of ketones is 1. The summed E-state index contributed by atoms with van der Waals surface area (Å²) in [6, 6.07) is 5.21. The average Bonchev–Trinajstić information content (AvgIpc) is 2.74. The number of aromatic hydroxyl groups is 1. The third kappa shape index (κ3) is 1.74. The van der Waals surface area contributed by atoms with Gasteiger partial charge >= 0.3 is 0 Å². The monoisotopic (exact) mass is 302 g/mol. The number of Topliss-reactive ketones (excluding diaryl/α,β-unsaturated/α-hetero) is 1. The molecule has 0 aliphatic heterocycles. The van der Waals surface area contributed by atoms with Gasteiger partial charge in [0.25, 0.3) is 0 Å². The first-order valence-electron chi connectivity index (χ1n) is 8.13. The molecule has 2 saturated carbocycles. The molecule has 0 aromatic heterocycles. The minimum absolute atomic E-state index is 0.0720. The van der Waals surface area contributed by atoms with Gasteiger partial charge in [-0.1, -0.05) is 13.0 Å². The number of phenols is 1. The largest absolute Gasteiger partial charge is 0.508 e. The van der Waals surface area contributed by atoms with E-state index in [-0.39, 0.29) is 29.3 Å². The summed E-state index contributed by atoms with van der Waals surface area (Å²) in [6.45, 7) is 1.96. The van der Waals surface area contributed by atoms with Crippen LogP contribution < -0.4 is 0 Å². The van der Waals surface area contributed by atoms with E-state index in [1.807, 2.05) is 13.0 Å². The van der Waals surface area contributed by atoms with Crippen molar-refractivity contribution in [2.45, 2.75) is 50.7 Å². The summed E-state index contributed by atoms with van der Waals surface area (Å²) in [5.74, 6) is 0.361. The van der Waals surface area contributed by atoms with Crippen molar-refractivity contribution in [3.63, 3.8) is 0 Å². The molecule has 6 atom stereocenters. The van der Waals surface area contributed by atoms with Crippen LogP contribution in [0.2, 0.25) is 0 Å². The first kappa shape index (κ1) is 14.2. The van der Waals surface area contributed by atoms with Crippen LogP contribution in [0, 0.1) is 17.3 Å². The fourth-order valence-corrected chi connectivity index (χ4v) is 5.43. The second kappa shape index (κ2) is 4.56. The van der Waals surface area contributed by atoms with E-state index in [2.05, 4.69) is 0 Å². The maximum Gasteiger partial charge on any atom is 0.139 e. The predicted molar refractivity (Wildman–Crippen MR) is 80.5 cm³/mol. The Kier molecular flexibility index (Phi) is 2.94. The predicted octanol–water partition coefficient (Wildman–Crippen LogP) is 1.76. The van der Waals surface area contributed by atoms with Crippen molar-refractivity contribution in [1.82, 2.24) is 0 Å². The molecule has 1 aromatic rings. The van der Waals surface area contributed by atoms with Gasteiger partial charge in [0.2, 0.25) is 0 Å². The van der Waals surface area contributed by atoms with Gasteiger partial charge in [0.1, 0.15) is 11.5 Å². The number of rotatable bonds is 0. The van der Waals surface area contributed by atoms with Gasteiger partial charge < -0.3 is 15.3 Å². The van der Waals surface area contributed by atoms with Crippen LogP contribution in [0.1, 0.15) is 43.2 Å². The van der Waals surface area contributed by atoms with Crippen LogP contribution in [-0.2, 0) is 11.2 Å². The lowest BCUT2D eigenvalue weighted by atomic mass is 9.54. The molecule has 22 heavy (non-hydrogen) atoms. The van der Waals surface area contributed by atoms with Crippen molar-refractivity contribution in [2.24, 2.45) is 17.3 Å². The van der Waals surface area contributed by atoms with E-state index in [1.54, 1.807) is 12.1 Å². The van der Waals surface area contributed by atoms with Gasteiger partial charge in [0, 0.05) is 17.8 Å². The SMILES string of the molecule is C[C@]12C[C@H](O)[C@@H]3c4ccc(O)cc4C[C@@H](O)[C@H]3[C@@H]1CCC2=O. The Balaban J connectivity index is 1.82. The highest BCUT2D eigenvalue weighted by Crippen LogP contribution is 2.59. The molecule has 0 radical (unpaired) electrons. The van der Waals surface area contributed by atoms with Gasteiger partial charge in [-0.05, 0) is 54.4 Å². The molecule has 1 aromatic carbocycles. The second-order valence-electron chi connectivity index (χ2n) is 7.52. The Morgan fingerprint density at radius 1 is 1.23 bits per heavy atom. The lowest BCUT2D eigenvalue weighted by Crippen LogP contribution is -2.53. The van der Waals surface area contributed by atoms with Crippen molar-refractivity contribution in [2.75, 3.05) is 0 Å². The van der Waals surface area contributed by atoms with E-state index in [1.165, 1.54) is 0 Å². The summed E-state index contributed by atoms with van der Waals surface area (Å²) >= 11 is 0. The van der Waals surface area contributed by atoms with E-state index < -0.39 is 17.6 Å². The standard InChI is InChI=1S/C18H22O4/c1-18-8-14(21)16-11-3-2-10(19)6-9(11)7-13(20)17(16)12(18)4-5-15(18)22/h2-3,6,12-14,16-17,19-21H,4-5,7-8H2,1H3/t12-,13+,14-,16-,17+,18-/m0/s1. The number of aliphatic hydroxyl groups excluding tert-OH is 2. The van der Waals surface area contributed by atoms with Crippen LogP contribution in [0.5, 0.6) is 5.75 Å². The lowest BCUT2D eigenvalue weighted by molar-refractivity contribution is -0.137. The minimum Gasteiger partial charge on any atom is -0.508 e. The van der Waals surface area contributed by atoms with Crippen LogP contribution >= 0.6 is 0 Å². The molecular formula is C18H22O4. The fraction of sp³-hybridized carbons (Fsp3) is 0.611. The van der Waals surface area contributed by atoms with Gasteiger partial charge in [0.15, 0.2) is 0 Å². The van der Waals surface area contributed by atoms with Crippen LogP contribution in [0.25, 0.3) is 0 Å². The highest BCUT2D eigenvalue weighted by molar-refractivity contribution is 5.87. The van der Waals surface area contributed by atoms with Crippen molar-refractivity contribution >= 4 is 5.78 Å². The van der Waals surface area contributed by atoms with Crippen LogP contribution in [0.4, 0.5) is 0 Å². The normalized spacial score (nSPS) is 43.4. The van der Waals surface area contributed by atoms with Crippen molar-refractivity contribution in [3.05, 3.63) is 29.3 Å². The first-order valence-corrected chi connectivity index (χ1v) is 8.13. The van der Waals surface area contributed by atoms with Gasteiger partial charge in [-0.2, -0.15) is 0 Å². The molecule has 0 bridgehead atoms. The molecule has 0 unspecified atom stereocenters. The smallest absolute Gasteiger partial charge is 0.139 e. The summed E-state index contributed by atoms with van der Waals surface area (Å²) in [6.07, 6.45) is 1.15. The van der Waals surface area contributed by atoms with E-state index in [4.69, 9.17) is 0 Å². The molecule has 2 fully saturated rings. The number of carbonyl (C=O) groups excluding carboxylic acids is 1. The van der Waals surface area contributed by atoms with Crippen LogP contribution in [0.15, 0.2) is 18.2 Å². The topological polar surface area (TPSA) is 77.8 Å². The van der Waals surface area contributed by atoms with Gasteiger partial charge in [-0.15, -0.1) is 0 Å². The Morgan fingerprint density at radius 3 is 2.77 bits per heavy atom. The summed E-state index contributed by atoms with van der Waals surface area (Å²) in [5, 5.41) is 31.1.